The molecule has 0 saturated carbocycles. The highest BCUT2D eigenvalue weighted by molar-refractivity contribution is 9.10. The molecule has 1 fully saturated rings. The molecule has 7 heteroatoms. The topological polar surface area (TPSA) is 78.3 Å². The average molecular weight is 325 g/mol. The van der Waals surface area contributed by atoms with Crippen LogP contribution < -0.4 is 9.64 Å². The van der Waals surface area contributed by atoms with E-state index in [9.17, 15) is 4.79 Å². The molecule has 6 nitrogen and oxygen atoms in total. The molecule has 0 aliphatic carbocycles. The van der Waals surface area contributed by atoms with Crippen LogP contribution in [0.3, 0.4) is 0 Å². The number of carbonyl (C=O) groups is 1. The summed E-state index contributed by atoms with van der Waals surface area (Å²) in [5.41, 5.74) is 9.07. The van der Waals surface area contributed by atoms with Gasteiger partial charge in [0.05, 0.1) is 12.8 Å². The summed E-state index contributed by atoms with van der Waals surface area (Å²) in [5.74, 6) is 0.739. The molecule has 0 spiro atoms. The predicted molar refractivity (Wildman–Crippen MR) is 75.2 cm³/mol. The summed E-state index contributed by atoms with van der Waals surface area (Å²) < 4.78 is 6.16. The lowest BCUT2D eigenvalue weighted by atomic mass is 10.1. The number of amides is 1. The number of rotatable bonds is 4. The van der Waals surface area contributed by atoms with E-state index in [1.807, 2.05) is 18.2 Å². The zero-order chi connectivity index (χ0) is 13.8. The molecule has 1 unspecified atom stereocenters. The second-order valence-corrected chi connectivity index (χ2v) is 5.22. The van der Waals surface area contributed by atoms with Gasteiger partial charge in [0.25, 0.3) is 0 Å². The fourth-order valence-electron chi connectivity index (χ4n) is 2.16. The van der Waals surface area contributed by atoms with E-state index in [4.69, 9.17) is 10.3 Å². The molecule has 2 rings (SSSR count). The Morgan fingerprint density at radius 2 is 2.42 bits per heavy atom. The number of anilines is 1. The summed E-state index contributed by atoms with van der Waals surface area (Å²) in [5, 5.41) is 3.54. The largest absolute Gasteiger partial charge is 0.495 e. The molecule has 0 radical (unpaired) electrons. The van der Waals surface area contributed by atoms with Gasteiger partial charge in [0.2, 0.25) is 5.91 Å². The fourth-order valence-corrected chi connectivity index (χ4v) is 2.51. The first-order valence-electron chi connectivity index (χ1n) is 5.80. The van der Waals surface area contributed by atoms with E-state index in [1.165, 1.54) is 0 Å². The molecular weight excluding hydrogens is 312 g/mol. The Labute approximate surface area is 119 Å². The van der Waals surface area contributed by atoms with Gasteiger partial charge in [-0.15, -0.1) is 0 Å². The van der Waals surface area contributed by atoms with Crippen molar-refractivity contribution in [3.63, 3.8) is 0 Å². The molecule has 1 saturated heterocycles. The van der Waals surface area contributed by atoms with Crippen LogP contribution in [-0.2, 0) is 4.79 Å². The van der Waals surface area contributed by atoms with Gasteiger partial charge in [-0.2, -0.15) is 0 Å². The second kappa shape index (κ2) is 5.95. The normalized spacial score (nSPS) is 18.3. The highest BCUT2D eigenvalue weighted by Crippen LogP contribution is 2.35. The third-order valence-electron chi connectivity index (χ3n) is 3.04. The van der Waals surface area contributed by atoms with Crippen molar-refractivity contribution in [2.24, 2.45) is 11.0 Å². The summed E-state index contributed by atoms with van der Waals surface area (Å²) >= 11 is 3.39. The van der Waals surface area contributed by atoms with Crippen LogP contribution in [0.5, 0.6) is 5.75 Å². The molecule has 1 atom stereocenters. The van der Waals surface area contributed by atoms with E-state index in [1.54, 1.807) is 12.0 Å². The number of hydrogen-bond acceptors (Lipinski definition) is 3. The van der Waals surface area contributed by atoms with Gasteiger partial charge in [-0.25, -0.2) is 0 Å². The maximum atomic E-state index is 12.0. The number of methoxy groups -OCH3 is 1. The van der Waals surface area contributed by atoms with Gasteiger partial charge in [-0.3, -0.25) is 4.79 Å². The maximum absolute atomic E-state index is 12.0. The van der Waals surface area contributed by atoms with E-state index in [2.05, 4.69) is 26.0 Å². The first-order chi connectivity index (χ1) is 9.15. The lowest BCUT2D eigenvalue weighted by molar-refractivity contribution is -0.117. The first kappa shape index (κ1) is 13.7. The molecule has 1 aliphatic rings. The van der Waals surface area contributed by atoms with Crippen molar-refractivity contribution >= 4 is 27.5 Å². The molecule has 1 amide bonds. The molecule has 1 heterocycles. The SMILES string of the molecule is COc1ccc(Br)cc1N1CC(CN=[N+]=[N-])CC1=O. The van der Waals surface area contributed by atoms with Crippen LogP contribution in [0.4, 0.5) is 5.69 Å². The third-order valence-corrected chi connectivity index (χ3v) is 3.53. The van der Waals surface area contributed by atoms with Gasteiger partial charge in [-0.1, -0.05) is 21.0 Å². The van der Waals surface area contributed by atoms with Gasteiger partial charge in [0.15, 0.2) is 0 Å². The van der Waals surface area contributed by atoms with E-state index in [-0.39, 0.29) is 11.8 Å². The summed E-state index contributed by atoms with van der Waals surface area (Å²) in [4.78, 5) is 16.5. The van der Waals surface area contributed by atoms with Crippen LogP contribution in [0.1, 0.15) is 6.42 Å². The number of azide groups is 1. The molecule has 1 aromatic carbocycles. The molecule has 100 valence electrons. The minimum Gasteiger partial charge on any atom is -0.495 e. The smallest absolute Gasteiger partial charge is 0.227 e. The molecule has 0 aromatic heterocycles. The number of ether oxygens (including phenoxy) is 1. The van der Waals surface area contributed by atoms with Crippen LogP contribution in [0.15, 0.2) is 27.8 Å². The molecule has 0 N–H and O–H groups in total. The zero-order valence-corrected chi connectivity index (χ0v) is 12.0. The maximum Gasteiger partial charge on any atom is 0.227 e. The second-order valence-electron chi connectivity index (χ2n) is 4.30. The zero-order valence-electron chi connectivity index (χ0n) is 10.4. The quantitative estimate of drug-likeness (QED) is 0.484. The number of carbonyl (C=O) groups excluding carboxylic acids is 1. The Morgan fingerprint density at radius 1 is 1.63 bits per heavy atom. The van der Waals surface area contributed by atoms with Crippen LogP contribution in [0, 0.1) is 5.92 Å². The van der Waals surface area contributed by atoms with Crippen LogP contribution in [0.2, 0.25) is 0 Å². The van der Waals surface area contributed by atoms with Crippen molar-refractivity contribution in [2.75, 3.05) is 25.1 Å². The van der Waals surface area contributed by atoms with Gasteiger partial charge < -0.3 is 9.64 Å². The predicted octanol–water partition coefficient (Wildman–Crippen LogP) is 3.12. The van der Waals surface area contributed by atoms with E-state index >= 15 is 0 Å². The highest BCUT2D eigenvalue weighted by atomic mass is 79.9. The van der Waals surface area contributed by atoms with E-state index < -0.39 is 0 Å². The van der Waals surface area contributed by atoms with Crippen molar-refractivity contribution in [3.8, 4) is 5.75 Å². The molecular formula is C12H13BrN4O2. The monoisotopic (exact) mass is 324 g/mol. The molecule has 1 aromatic rings. The fraction of sp³-hybridized carbons (Fsp3) is 0.417. The Bertz CT molecular complexity index is 543. The molecule has 19 heavy (non-hydrogen) atoms. The summed E-state index contributed by atoms with van der Waals surface area (Å²) in [6, 6.07) is 5.53. The summed E-state index contributed by atoms with van der Waals surface area (Å²) in [6.45, 7) is 0.889. The van der Waals surface area contributed by atoms with Gasteiger partial charge in [-0.05, 0) is 29.6 Å². The van der Waals surface area contributed by atoms with Crippen molar-refractivity contribution in [3.05, 3.63) is 33.1 Å². The number of nitrogens with zero attached hydrogens (tertiary/aromatic N) is 4. The van der Waals surface area contributed by atoms with Crippen molar-refractivity contribution < 1.29 is 9.53 Å². The standard InChI is InChI=1S/C12H13BrN4O2/c1-19-11-3-2-9(13)5-10(11)17-7-8(4-12(17)18)6-15-16-14/h2-3,5,8H,4,6-7H2,1H3. The minimum absolute atomic E-state index is 0.0227. The van der Waals surface area contributed by atoms with Gasteiger partial charge >= 0.3 is 0 Å². The van der Waals surface area contributed by atoms with Crippen LogP contribution >= 0.6 is 15.9 Å². The van der Waals surface area contributed by atoms with Gasteiger partial charge in [0, 0.05) is 28.9 Å². The average Bonchev–Trinajstić information content (AvgIpc) is 2.77. The van der Waals surface area contributed by atoms with Gasteiger partial charge in [0.1, 0.15) is 5.75 Å². The molecule has 0 bridgehead atoms. The first-order valence-corrected chi connectivity index (χ1v) is 6.59. The summed E-state index contributed by atoms with van der Waals surface area (Å²) in [7, 11) is 1.57. The Hall–Kier alpha value is -1.72. The highest BCUT2D eigenvalue weighted by Gasteiger charge is 2.31. The van der Waals surface area contributed by atoms with Crippen molar-refractivity contribution in [1.82, 2.24) is 0 Å². The number of benzene rings is 1. The third kappa shape index (κ3) is 3.00. The van der Waals surface area contributed by atoms with Crippen molar-refractivity contribution in [2.45, 2.75) is 6.42 Å². The number of hydrogen-bond donors (Lipinski definition) is 0. The summed E-state index contributed by atoms with van der Waals surface area (Å²) in [6.07, 6.45) is 0.398. The van der Waals surface area contributed by atoms with Crippen LogP contribution in [0.25, 0.3) is 10.4 Å². The Morgan fingerprint density at radius 3 is 3.11 bits per heavy atom. The number of halogens is 1. The Kier molecular flexibility index (Phi) is 4.29. The lowest BCUT2D eigenvalue weighted by Gasteiger charge is -2.19. The molecule has 1 aliphatic heterocycles. The lowest BCUT2D eigenvalue weighted by Crippen LogP contribution is -2.25. The van der Waals surface area contributed by atoms with E-state index in [0.717, 1.165) is 10.2 Å². The van der Waals surface area contributed by atoms with E-state index in [0.29, 0.717) is 25.3 Å². The minimum atomic E-state index is 0.0227. The van der Waals surface area contributed by atoms with Crippen LogP contribution in [-0.4, -0.2) is 26.1 Å². The Balaban J connectivity index is 2.24. The van der Waals surface area contributed by atoms with Crippen molar-refractivity contribution in [1.29, 1.82) is 0 Å².